The van der Waals surface area contributed by atoms with E-state index in [9.17, 15) is 10.1 Å². The summed E-state index contributed by atoms with van der Waals surface area (Å²) in [5.74, 6) is -0.484. The number of nitriles is 1. The highest BCUT2D eigenvalue weighted by Crippen LogP contribution is 2.40. The summed E-state index contributed by atoms with van der Waals surface area (Å²) < 4.78 is 0. The van der Waals surface area contributed by atoms with Gasteiger partial charge in [0.25, 0.3) is 0 Å². The van der Waals surface area contributed by atoms with Crippen molar-refractivity contribution < 1.29 is 4.79 Å². The molecule has 24 heavy (non-hydrogen) atoms. The Balaban J connectivity index is 2.56. The van der Waals surface area contributed by atoms with Crippen LogP contribution in [0.4, 0.5) is 11.5 Å². The molecule has 0 aliphatic rings. The number of rotatable bonds is 5. The van der Waals surface area contributed by atoms with Crippen LogP contribution in [0.3, 0.4) is 0 Å². The molecule has 1 aromatic carbocycles. The molecule has 1 unspecified atom stereocenters. The van der Waals surface area contributed by atoms with Crippen LogP contribution < -0.4 is 11.5 Å². The fourth-order valence-electron chi connectivity index (χ4n) is 2.32. The number of pyridine rings is 1. The first-order chi connectivity index (χ1) is 11.5. The molecule has 0 saturated heterocycles. The molecule has 0 radical (unpaired) electrons. The van der Waals surface area contributed by atoms with Crippen molar-refractivity contribution in [3.8, 4) is 6.07 Å². The minimum Gasteiger partial charge on any atom is -0.392 e. The lowest BCUT2D eigenvalue weighted by atomic mass is 10.1. The molecule has 1 amide bonds. The second-order valence-electron chi connectivity index (χ2n) is 4.89. The van der Waals surface area contributed by atoms with Crippen molar-refractivity contribution in [3.63, 3.8) is 0 Å². The lowest BCUT2D eigenvalue weighted by Gasteiger charge is -2.16. The van der Waals surface area contributed by atoms with E-state index in [1.165, 1.54) is 0 Å². The van der Waals surface area contributed by atoms with Crippen molar-refractivity contribution in [2.45, 2.75) is 23.6 Å². The summed E-state index contributed by atoms with van der Waals surface area (Å²) in [6.45, 7) is 9.06. The van der Waals surface area contributed by atoms with E-state index in [4.69, 9.17) is 18.0 Å². The van der Waals surface area contributed by atoms with E-state index in [2.05, 4.69) is 15.9 Å². The molecule has 0 spiro atoms. The van der Waals surface area contributed by atoms with Crippen LogP contribution >= 0.6 is 11.8 Å². The van der Waals surface area contributed by atoms with Crippen LogP contribution in [0.15, 0.2) is 35.4 Å². The van der Waals surface area contributed by atoms with E-state index in [0.717, 1.165) is 11.8 Å². The zero-order valence-corrected chi connectivity index (χ0v) is 13.8. The third-order valence-electron chi connectivity index (χ3n) is 3.43. The van der Waals surface area contributed by atoms with Gasteiger partial charge in [-0.05, 0) is 17.5 Å². The molecule has 0 bridgehead atoms. The van der Waals surface area contributed by atoms with Crippen LogP contribution in [0.25, 0.3) is 4.85 Å². The van der Waals surface area contributed by atoms with Gasteiger partial charge in [-0.15, -0.1) is 0 Å². The fraction of sp³-hybridized carbons (Fsp3) is 0.176. The number of thioether (sulfide) groups is 1. The van der Waals surface area contributed by atoms with Gasteiger partial charge in [0, 0.05) is 0 Å². The summed E-state index contributed by atoms with van der Waals surface area (Å²) in [6.07, 6.45) is 0.466. The average Bonchev–Trinajstić information content (AvgIpc) is 2.59. The van der Waals surface area contributed by atoms with Crippen molar-refractivity contribution in [2.24, 2.45) is 5.73 Å². The molecule has 1 aromatic heterocycles. The zero-order valence-electron chi connectivity index (χ0n) is 13.0. The van der Waals surface area contributed by atoms with Gasteiger partial charge >= 0.3 is 0 Å². The van der Waals surface area contributed by atoms with Gasteiger partial charge in [-0.25, -0.2) is 9.83 Å². The molecule has 120 valence electrons. The number of aromatic nitrogens is 1. The van der Waals surface area contributed by atoms with Crippen molar-refractivity contribution >= 4 is 29.2 Å². The standard InChI is InChI=1S/C17H15N5OS/c1-3-11-12(9-18)17(22-15(19)13(11)21-2)24-14(16(20)23)10-7-5-4-6-8-10/h4-8,14H,3H2,1H3,(H2,19,22)(H2,20,23). The van der Waals surface area contributed by atoms with Gasteiger partial charge in [0.15, 0.2) is 0 Å². The predicted molar refractivity (Wildman–Crippen MR) is 93.2 cm³/mol. The molecule has 0 aliphatic carbocycles. The average molecular weight is 337 g/mol. The molecule has 2 aromatic rings. The van der Waals surface area contributed by atoms with Crippen LogP contribution in [-0.4, -0.2) is 10.9 Å². The van der Waals surface area contributed by atoms with Crippen LogP contribution in [0.1, 0.15) is 28.9 Å². The van der Waals surface area contributed by atoms with Crippen LogP contribution in [-0.2, 0) is 11.2 Å². The fourth-order valence-corrected chi connectivity index (χ4v) is 3.39. The number of hydrogen-bond donors (Lipinski definition) is 2. The molecule has 2 rings (SSSR count). The van der Waals surface area contributed by atoms with Crippen molar-refractivity contribution in [3.05, 3.63) is 58.4 Å². The molecule has 0 aliphatic heterocycles. The molecule has 4 N–H and O–H groups in total. The zero-order chi connectivity index (χ0) is 17.7. The smallest absolute Gasteiger partial charge is 0.235 e. The Morgan fingerprint density at radius 2 is 2.12 bits per heavy atom. The van der Waals surface area contributed by atoms with Crippen molar-refractivity contribution in [2.75, 3.05) is 5.73 Å². The third-order valence-corrected chi connectivity index (χ3v) is 4.69. The number of nitrogens with zero attached hydrogens (tertiary/aromatic N) is 3. The first kappa shape index (κ1) is 17.3. The molecule has 0 saturated carbocycles. The second-order valence-corrected chi connectivity index (χ2v) is 5.99. The maximum Gasteiger partial charge on any atom is 0.235 e. The van der Waals surface area contributed by atoms with E-state index in [0.29, 0.717) is 22.6 Å². The minimum absolute atomic E-state index is 0.0552. The summed E-state index contributed by atoms with van der Waals surface area (Å²) >= 11 is 1.07. The maximum atomic E-state index is 11.9. The lowest BCUT2D eigenvalue weighted by molar-refractivity contribution is -0.117. The summed E-state index contributed by atoms with van der Waals surface area (Å²) in [4.78, 5) is 19.4. The highest BCUT2D eigenvalue weighted by atomic mass is 32.2. The molecule has 0 fully saturated rings. The van der Waals surface area contributed by atoms with Gasteiger partial charge in [0.05, 0.1) is 12.1 Å². The van der Waals surface area contributed by atoms with E-state index in [1.807, 2.05) is 13.0 Å². The monoisotopic (exact) mass is 337 g/mol. The number of carbonyl (C=O) groups excluding carboxylic acids is 1. The van der Waals surface area contributed by atoms with E-state index in [1.54, 1.807) is 24.3 Å². The van der Waals surface area contributed by atoms with Crippen LogP contribution in [0.5, 0.6) is 0 Å². The van der Waals surface area contributed by atoms with Crippen LogP contribution in [0, 0.1) is 17.9 Å². The number of primary amides is 1. The summed E-state index contributed by atoms with van der Waals surface area (Å²) in [6, 6.07) is 11.1. The first-order valence-electron chi connectivity index (χ1n) is 7.14. The van der Waals surface area contributed by atoms with E-state index >= 15 is 0 Å². The van der Waals surface area contributed by atoms with Gasteiger partial charge in [0.2, 0.25) is 11.6 Å². The third kappa shape index (κ3) is 3.32. The molecular weight excluding hydrogens is 322 g/mol. The number of benzene rings is 1. The lowest BCUT2D eigenvalue weighted by Crippen LogP contribution is -2.19. The SMILES string of the molecule is [C-]#[N+]c1c(N)nc(SC(C(N)=O)c2ccccc2)c(C#N)c1CC. The quantitative estimate of drug-likeness (QED) is 0.644. The Morgan fingerprint density at radius 3 is 2.62 bits per heavy atom. The van der Waals surface area contributed by atoms with Crippen LogP contribution in [0.2, 0.25) is 0 Å². The number of nitrogen functional groups attached to an aromatic ring is 1. The number of amides is 1. The Kier molecular flexibility index (Phi) is 5.41. The van der Waals surface area contributed by atoms with Crippen molar-refractivity contribution in [1.29, 1.82) is 5.26 Å². The Bertz CT molecular complexity index is 852. The van der Waals surface area contributed by atoms with E-state index < -0.39 is 11.2 Å². The number of nitrogens with two attached hydrogens (primary N) is 2. The highest BCUT2D eigenvalue weighted by Gasteiger charge is 2.24. The normalized spacial score (nSPS) is 11.3. The molecule has 1 heterocycles. The largest absolute Gasteiger partial charge is 0.392 e. The van der Waals surface area contributed by atoms with Gasteiger partial charge < -0.3 is 11.5 Å². The van der Waals surface area contributed by atoms with Gasteiger partial charge in [-0.3, -0.25) is 4.79 Å². The number of anilines is 1. The predicted octanol–water partition coefficient (Wildman–Crippen LogP) is 2.97. The number of carbonyl (C=O) groups is 1. The minimum atomic E-state index is -0.700. The topological polar surface area (TPSA) is 110 Å². The molecular formula is C17H15N5OS. The molecule has 1 atom stereocenters. The Labute approximate surface area is 144 Å². The highest BCUT2D eigenvalue weighted by molar-refractivity contribution is 8.00. The summed E-state index contributed by atoms with van der Waals surface area (Å²) in [7, 11) is 0. The molecule has 7 heteroatoms. The molecule has 6 nitrogen and oxygen atoms in total. The maximum absolute atomic E-state index is 11.9. The summed E-state index contributed by atoms with van der Waals surface area (Å²) in [5, 5.41) is 9.11. The van der Waals surface area contributed by atoms with Gasteiger partial charge in [-0.1, -0.05) is 49.0 Å². The van der Waals surface area contributed by atoms with Crippen molar-refractivity contribution in [1.82, 2.24) is 4.98 Å². The van der Waals surface area contributed by atoms with E-state index in [-0.39, 0.29) is 17.1 Å². The Morgan fingerprint density at radius 1 is 1.46 bits per heavy atom. The first-order valence-corrected chi connectivity index (χ1v) is 8.02. The second kappa shape index (κ2) is 7.49. The summed E-state index contributed by atoms with van der Waals surface area (Å²) in [5.41, 5.74) is 13.1. The van der Waals surface area contributed by atoms with Gasteiger partial charge in [0.1, 0.15) is 22.2 Å². The Hall–Kier alpha value is -3.03. The van der Waals surface area contributed by atoms with Gasteiger partial charge in [-0.2, -0.15) is 5.26 Å². The number of hydrogen-bond acceptors (Lipinski definition) is 5.